The quantitative estimate of drug-likeness (QED) is 0.669. The summed E-state index contributed by atoms with van der Waals surface area (Å²) in [5, 5.41) is 6.96. The van der Waals surface area contributed by atoms with Gasteiger partial charge in [0.15, 0.2) is 0 Å². The minimum absolute atomic E-state index is 0.000466. The number of aromatic nitrogens is 3. The Hall–Kier alpha value is -2.74. The number of hydrogen-bond acceptors (Lipinski definition) is 7. The molecule has 0 bridgehead atoms. The summed E-state index contributed by atoms with van der Waals surface area (Å²) in [4.78, 5) is 25.8. The van der Waals surface area contributed by atoms with Gasteiger partial charge in [-0.1, -0.05) is 49.3 Å². The number of rotatable bonds is 4. The molecule has 2 aromatic heterocycles. The molecule has 3 heterocycles. The fourth-order valence-electron chi connectivity index (χ4n) is 3.17. The SMILES string of the molecule is CC(C)c1nc(C(=O)N2CCCN(c3nc(-c4ccccc4)no3)CC2)cs1. The fraction of sp³-hybridized carbons (Fsp3) is 0.400. The van der Waals surface area contributed by atoms with Crippen LogP contribution in [0.3, 0.4) is 0 Å². The summed E-state index contributed by atoms with van der Waals surface area (Å²) in [6.07, 6.45) is 0.843. The Morgan fingerprint density at radius 1 is 1.11 bits per heavy atom. The molecule has 0 saturated carbocycles. The molecule has 28 heavy (non-hydrogen) atoms. The van der Waals surface area contributed by atoms with E-state index in [1.165, 1.54) is 0 Å². The smallest absolute Gasteiger partial charge is 0.324 e. The number of hydrogen-bond donors (Lipinski definition) is 0. The van der Waals surface area contributed by atoms with Gasteiger partial charge in [-0.05, 0) is 6.42 Å². The van der Waals surface area contributed by atoms with Gasteiger partial charge in [-0.15, -0.1) is 11.3 Å². The van der Waals surface area contributed by atoms with Gasteiger partial charge < -0.3 is 14.3 Å². The van der Waals surface area contributed by atoms with Gasteiger partial charge >= 0.3 is 6.01 Å². The number of thiazole rings is 1. The molecule has 1 aliphatic heterocycles. The van der Waals surface area contributed by atoms with Gasteiger partial charge in [-0.2, -0.15) is 4.98 Å². The molecule has 0 spiro atoms. The van der Waals surface area contributed by atoms with Gasteiger partial charge in [0, 0.05) is 43.0 Å². The van der Waals surface area contributed by atoms with Gasteiger partial charge in [0.1, 0.15) is 5.69 Å². The van der Waals surface area contributed by atoms with Crippen LogP contribution in [-0.2, 0) is 0 Å². The van der Waals surface area contributed by atoms with Crippen LogP contribution in [0.5, 0.6) is 0 Å². The predicted molar refractivity (Wildman–Crippen MR) is 109 cm³/mol. The summed E-state index contributed by atoms with van der Waals surface area (Å²) in [5.74, 6) is 0.916. The van der Waals surface area contributed by atoms with Crippen LogP contribution in [0.15, 0.2) is 40.2 Å². The molecule has 3 aromatic rings. The molecule has 0 radical (unpaired) electrons. The van der Waals surface area contributed by atoms with E-state index >= 15 is 0 Å². The number of nitrogens with zero attached hydrogens (tertiary/aromatic N) is 5. The van der Waals surface area contributed by atoms with E-state index in [1.807, 2.05) is 45.5 Å². The maximum absolute atomic E-state index is 12.8. The minimum atomic E-state index is 0.000466. The molecule has 0 unspecified atom stereocenters. The lowest BCUT2D eigenvalue weighted by Gasteiger charge is -2.20. The third kappa shape index (κ3) is 3.91. The molecular weight excluding hydrogens is 374 g/mol. The highest BCUT2D eigenvalue weighted by molar-refractivity contribution is 7.09. The zero-order chi connectivity index (χ0) is 19.5. The second-order valence-corrected chi connectivity index (χ2v) is 8.01. The van der Waals surface area contributed by atoms with E-state index in [1.54, 1.807) is 11.3 Å². The van der Waals surface area contributed by atoms with Gasteiger partial charge in [-0.3, -0.25) is 4.79 Å². The average Bonchev–Trinajstić information content (AvgIpc) is 3.34. The van der Waals surface area contributed by atoms with Gasteiger partial charge in [0.2, 0.25) is 5.82 Å². The van der Waals surface area contributed by atoms with Crippen molar-refractivity contribution < 1.29 is 9.32 Å². The number of carbonyl (C=O) groups is 1. The summed E-state index contributed by atoms with van der Waals surface area (Å²) in [6, 6.07) is 10.3. The normalized spacial score (nSPS) is 15.1. The molecule has 1 saturated heterocycles. The van der Waals surface area contributed by atoms with Crippen LogP contribution in [0.1, 0.15) is 41.7 Å². The zero-order valence-corrected chi connectivity index (χ0v) is 16.9. The second-order valence-electron chi connectivity index (χ2n) is 7.13. The van der Waals surface area contributed by atoms with Crippen LogP contribution < -0.4 is 4.90 Å². The summed E-state index contributed by atoms with van der Waals surface area (Å²) in [6.45, 7) is 6.91. The van der Waals surface area contributed by atoms with E-state index in [0.29, 0.717) is 43.1 Å². The minimum Gasteiger partial charge on any atom is -0.335 e. The Bertz CT molecular complexity index is 937. The van der Waals surface area contributed by atoms with E-state index in [-0.39, 0.29) is 5.91 Å². The van der Waals surface area contributed by atoms with Gasteiger partial charge in [-0.25, -0.2) is 4.98 Å². The summed E-state index contributed by atoms with van der Waals surface area (Å²) >= 11 is 1.55. The highest BCUT2D eigenvalue weighted by atomic mass is 32.1. The van der Waals surface area contributed by atoms with E-state index in [0.717, 1.165) is 23.5 Å². The van der Waals surface area contributed by atoms with Crippen molar-refractivity contribution in [2.75, 3.05) is 31.1 Å². The molecule has 8 heteroatoms. The van der Waals surface area contributed by atoms with Crippen molar-refractivity contribution in [1.82, 2.24) is 20.0 Å². The van der Waals surface area contributed by atoms with E-state index in [2.05, 4.69) is 29.0 Å². The van der Waals surface area contributed by atoms with Crippen molar-refractivity contribution in [2.45, 2.75) is 26.2 Å². The van der Waals surface area contributed by atoms with Gasteiger partial charge in [0.05, 0.1) is 5.01 Å². The molecule has 1 fully saturated rings. The molecule has 0 aliphatic carbocycles. The molecule has 1 aliphatic rings. The first-order valence-electron chi connectivity index (χ1n) is 9.50. The monoisotopic (exact) mass is 397 g/mol. The standard InChI is InChI=1S/C20H23N5O2S/c1-14(2)18-21-16(13-28-18)19(26)24-9-6-10-25(12-11-24)20-22-17(23-27-20)15-7-4-3-5-8-15/h3-5,7-8,13-14H,6,9-12H2,1-2H3. The largest absolute Gasteiger partial charge is 0.335 e. The average molecular weight is 398 g/mol. The van der Waals surface area contributed by atoms with Crippen molar-refractivity contribution in [3.63, 3.8) is 0 Å². The third-order valence-electron chi connectivity index (χ3n) is 4.74. The molecule has 7 nitrogen and oxygen atoms in total. The van der Waals surface area contributed by atoms with Crippen molar-refractivity contribution in [3.8, 4) is 11.4 Å². The Balaban J connectivity index is 1.42. The van der Waals surface area contributed by atoms with Crippen molar-refractivity contribution in [3.05, 3.63) is 46.4 Å². The molecule has 4 rings (SSSR count). The predicted octanol–water partition coefficient (Wildman–Crippen LogP) is 3.67. The van der Waals surface area contributed by atoms with E-state index in [4.69, 9.17) is 4.52 Å². The first-order chi connectivity index (χ1) is 13.6. The lowest BCUT2D eigenvalue weighted by Crippen LogP contribution is -2.35. The number of carbonyl (C=O) groups excluding carboxylic acids is 1. The van der Waals surface area contributed by atoms with Gasteiger partial charge in [0.25, 0.3) is 5.91 Å². The topological polar surface area (TPSA) is 75.4 Å². The van der Waals surface area contributed by atoms with Crippen LogP contribution in [0, 0.1) is 0 Å². The van der Waals surface area contributed by atoms with Crippen molar-refractivity contribution in [1.29, 1.82) is 0 Å². The first kappa shape index (κ1) is 18.6. The second kappa shape index (κ2) is 8.10. The van der Waals surface area contributed by atoms with Crippen LogP contribution in [0.25, 0.3) is 11.4 Å². The number of anilines is 1. The van der Waals surface area contributed by atoms with Crippen LogP contribution in [0.4, 0.5) is 6.01 Å². The summed E-state index contributed by atoms with van der Waals surface area (Å²) in [7, 11) is 0. The lowest BCUT2D eigenvalue weighted by molar-refractivity contribution is 0.0761. The first-order valence-corrected chi connectivity index (χ1v) is 10.4. The van der Waals surface area contributed by atoms with Crippen LogP contribution in [0.2, 0.25) is 0 Å². The Labute approximate surface area is 168 Å². The maximum atomic E-state index is 12.8. The zero-order valence-electron chi connectivity index (χ0n) is 16.0. The molecule has 0 atom stereocenters. The molecule has 1 amide bonds. The van der Waals surface area contributed by atoms with Crippen molar-refractivity contribution >= 4 is 23.3 Å². The third-order valence-corrected chi connectivity index (χ3v) is 5.88. The van der Waals surface area contributed by atoms with E-state index in [9.17, 15) is 4.79 Å². The molecule has 146 valence electrons. The lowest BCUT2D eigenvalue weighted by atomic mass is 10.2. The summed E-state index contributed by atoms with van der Waals surface area (Å²) in [5.41, 5.74) is 1.47. The Morgan fingerprint density at radius 3 is 2.68 bits per heavy atom. The number of amides is 1. The number of benzene rings is 1. The summed E-state index contributed by atoms with van der Waals surface area (Å²) < 4.78 is 5.47. The Morgan fingerprint density at radius 2 is 1.93 bits per heavy atom. The Kier molecular flexibility index (Phi) is 5.38. The van der Waals surface area contributed by atoms with Crippen LogP contribution >= 0.6 is 11.3 Å². The van der Waals surface area contributed by atoms with Crippen molar-refractivity contribution in [2.24, 2.45) is 0 Å². The van der Waals surface area contributed by atoms with Crippen LogP contribution in [-0.4, -0.2) is 52.1 Å². The maximum Gasteiger partial charge on any atom is 0.324 e. The molecular formula is C20H23N5O2S. The highest BCUT2D eigenvalue weighted by Crippen LogP contribution is 2.22. The molecule has 1 aromatic carbocycles. The highest BCUT2D eigenvalue weighted by Gasteiger charge is 2.25. The fourth-order valence-corrected chi connectivity index (χ4v) is 3.98. The van der Waals surface area contributed by atoms with E-state index < -0.39 is 0 Å². The molecule has 0 N–H and O–H groups in total.